The summed E-state index contributed by atoms with van der Waals surface area (Å²) in [6.07, 6.45) is 1.75. The third-order valence-corrected chi connectivity index (χ3v) is 6.26. The molecule has 0 saturated carbocycles. The van der Waals surface area contributed by atoms with Crippen molar-refractivity contribution in [1.29, 1.82) is 0 Å². The van der Waals surface area contributed by atoms with Gasteiger partial charge in [-0.2, -0.15) is 0 Å². The van der Waals surface area contributed by atoms with Gasteiger partial charge in [-0.15, -0.1) is 0 Å². The van der Waals surface area contributed by atoms with Crippen LogP contribution in [0.25, 0.3) is 11.0 Å². The predicted molar refractivity (Wildman–Crippen MR) is 135 cm³/mol. The molecule has 0 saturated heterocycles. The fourth-order valence-corrected chi connectivity index (χ4v) is 4.46. The first-order valence-corrected chi connectivity index (χ1v) is 12.0. The molecular weight excluding hydrogens is 428 g/mol. The van der Waals surface area contributed by atoms with Crippen LogP contribution in [-0.2, 0) is 0 Å². The number of hydrogen-bond acceptors (Lipinski definition) is 5. The molecule has 34 heavy (non-hydrogen) atoms. The number of ether oxygens (including phenoxy) is 1. The van der Waals surface area contributed by atoms with Gasteiger partial charge in [-0.1, -0.05) is 37.6 Å². The van der Waals surface area contributed by atoms with Crippen molar-refractivity contribution in [2.24, 2.45) is 5.92 Å². The zero-order valence-corrected chi connectivity index (χ0v) is 20.8. The highest BCUT2D eigenvalue weighted by molar-refractivity contribution is 5.99. The predicted octanol–water partition coefficient (Wildman–Crippen LogP) is 5.02. The molecule has 0 bridgehead atoms. The summed E-state index contributed by atoms with van der Waals surface area (Å²) in [5.41, 5.74) is 2.57. The van der Waals surface area contributed by atoms with Crippen molar-refractivity contribution >= 4 is 16.9 Å². The van der Waals surface area contributed by atoms with E-state index in [0.29, 0.717) is 35.6 Å². The van der Waals surface area contributed by atoms with Crippen molar-refractivity contribution in [1.82, 2.24) is 9.80 Å². The second-order valence-corrected chi connectivity index (χ2v) is 9.83. The average Bonchev–Trinajstić information content (AvgIpc) is 3.06. The summed E-state index contributed by atoms with van der Waals surface area (Å²) >= 11 is 0. The van der Waals surface area contributed by atoms with Crippen LogP contribution in [0.15, 0.2) is 51.7 Å². The minimum Gasteiger partial charge on any atom is -0.494 e. The van der Waals surface area contributed by atoms with Gasteiger partial charge in [0.2, 0.25) is 5.76 Å². The number of amides is 1. The molecule has 0 spiro atoms. The lowest BCUT2D eigenvalue weighted by Crippen LogP contribution is -2.32. The molecule has 0 N–H and O–H groups in total. The minimum atomic E-state index is -0.500. The molecule has 1 aliphatic rings. The highest BCUT2D eigenvalue weighted by Gasteiger charge is 2.42. The SMILES string of the molecule is Cc1ccc2oc3c(c(=O)c2c1)[C@H](c1cccc(OCCC(C)C)c1)N(CCCN(C)C)C3=O. The fourth-order valence-electron chi connectivity index (χ4n) is 4.46. The number of hydrogen-bond donors (Lipinski definition) is 0. The Balaban J connectivity index is 1.78. The van der Waals surface area contributed by atoms with Crippen LogP contribution in [0.1, 0.15) is 60.0 Å². The van der Waals surface area contributed by atoms with Crippen LogP contribution >= 0.6 is 0 Å². The molecule has 3 aromatic rings. The van der Waals surface area contributed by atoms with E-state index >= 15 is 0 Å². The lowest BCUT2D eigenvalue weighted by molar-refractivity contribution is 0.0722. The van der Waals surface area contributed by atoms with Crippen molar-refractivity contribution in [2.45, 2.75) is 39.7 Å². The number of rotatable bonds is 9. The Bertz CT molecular complexity index is 1240. The number of fused-ring (bicyclic) bond motifs is 2. The zero-order valence-electron chi connectivity index (χ0n) is 20.8. The number of benzene rings is 2. The lowest BCUT2D eigenvalue weighted by Gasteiger charge is -2.26. The molecule has 4 rings (SSSR count). The molecule has 0 fully saturated rings. The molecule has 2 aromatic carbocycles. The summed E-state index contributed by atoms with van der Waals surface area (Å²) in [7, 11) is 4.02. The monoisotopic (exact) mass is 462 g/mol. The van der Waals surface area contributed by atoms with E-state index < -0.39 is 6.04 Å². The Labute approximate surface area is 201 Å². The standard InChI is InChI=1S/C28H34N2O4/c1-18(2)12-15-33-21-9-6-8-20(17-21)25-24-26(31)22-16-19(3)10-11-23(22)34-27(24)28(32)30(25)14-7-13-29(4)5/h6,8-11,16-18,25H,7,12-15H2,1-5H3/t25-/m0/s1. The van der Waals surface area contributed by atoms with Gasteiger partial charge in [0, 0.05) is 6.54 Å². The maximum atomic E-state index is 13.7. The molecule has 1 amide bonds. The van der Waals surface area contributed by atoms with Gasteiger partial charge in [0.1, 0.15) is 11.3 Å². The second kappa shape index (κ2) is 10.0. The summed E-state index contributed by atoms with van der Waals surface area (Å²) in [6.45, 7) is 8.27. The highest BCUT2D eigenvalue weighted by Crippen LogP contribution is 2.39. The van der Waals surface area contributed by atoms with E-state index in [1.54, 1.807) is 11.0 Å². The summed E-state index contributed by atoms with van der Waals surface area (Å²) in [5, 5.41) is 0.510. The smallest absolute Gasteiger partial charge is 0.290 e. The van der Waals surface area contributed by atoms with Gasteiger partial charge < -0.3 is 19.0 Å². The Morgan fingerprint density at radius 1 is 1.12 bits per heavy atom. The van der Waals surface area contributed by atoms with Gasteiger partial charge in [0.05, 0.1) is 23.6 Å². The van der Waals surface area contributed by atoms with E-state index in [1.165, 1.54) is 0 Å². The van der Waals surface area contributed by atoms with Crippen LogP contribution in [-0.4, -0.2) is 49.5 Å². The number of nitrogens with zero attached hydrogens (tertiary/aromatic N) is 2. The lowest BCUT2D eigenvalue weighted by atomic mass is 9.98. The molecule has 0 unspecified atom stereocenters. The van der Waals surface area contributed by atoms with E-state index in [-0.39, 0.29) is 17.1 Å². The molecule has 1 aromatic heterocycles. The molecule has 6 nitrogen and oxygen atoms in total. The molecule has 1 atom stereocenters. The van der Waals surface area contributed by atoms with Gasteiger partial charge in [0.25, 0.3) is 5.91 Å². The first kappa shape index (κ1) is 24.0. The molecule has 180 valence electrons. The molecule has 2 heterocycles. The zero-order chi connectivity index (χ0) is 24.4. The summed E-state index contributed by atoms with van der Waals surface area (Å²) < 4.78 is 12.0. The van der Waals surface area contributed by atoms with Crippen molar-refractivity contribution in [3.05, 3.63) is 75.1 Å². The molecule has 0 aliphatic carbocycles. The van der Waals surface area contributed by atoms with Gasteiger partial charge >= 0.3 is 0 Å². The van der Waals surface area contributed by atoms with E-state index in [0.717, 1.165) is 36.3 Å². The quantitative estimate of drug-likeness (QED) is 0.447. The molecule has 0 radical (unpaired) electrons. The summed E-state index contributed by atoms with van der Waals surface area (Å²) in [5.74, 6) is 1.22. The maximum Gasteiger partial charge on any atom is 0.290 e. The van der Waals surface area contributed by atoms with Gasteiger partial charge in [-0.25, -0.2) is 0 Å². The minimum absolute atomic E-state index is 0.139. The first-order chi connectivity index (χ1) is 16.3. The third-order valence-electron chi connectivity index (χ3n) is 6.26. The Morgan fingerprint density at radius 2 is 1.91 bits per heavy atom. The van der Waals surface area contributed by atoms with E-state index in [1.807, 2.05) is 57.4 Å². The van der Waals surface area contributed by atoms with Crippen LogP contribution in [0.2, 0.25) is 0 Å². The van der Waals surface area contributed by atoms with Crippen molar-refractivity contribution in [3.63, 3.8) is 0 Å². The Hall–Kier alpha value is -3.12. The molecule has 6 heteroatoms. The van der Waals surface area contributed by atoms with Crippen LogP contribution in [0.3, 0.4) is 0 Å². The second-order valence-electron chi connectivity index (χ2n) is 9.83. The highest BCUT2D eigenvalue weighted by atomic mass is 16.5. The fraction of sp³-hybridized carbons (Fsp3) is 0.429. The van der Waals surface area contributed by atoms with Crippen LogP contribution < -0.4 is 10.2 Å². The van der Waals surface area contributed by atoms with E-state index in [4.69, 9.17) is 9.15 Å². The van der Waals surface area contributed by atoms with E-state index in [2.05, 4.69) is 18.7 Å². The summed E-state index contributed by atoms with van der Waals surface area (Å²) in [4.78, 5) is 31.0. The normalized spacial score (nSPS) is 15.6. The topological polar surface area (TPSA) is 63.0 Å². The number of carbonyl (C=O) groups is 1. The average molecular weight is 463 g/mol. The summed E-state index contributed by atoms with van der Waals surface area (Å²) in [6, 6.07) is 12.8. The van der Waals surface area contributed by atoms with Crippen LogP contribution in [0.4, 0.5) is 0 Å². The largest absolute Gasteiger partial charge is 0.494 e. The number of aryl methyl sites for hydroxylation is 1. The van der Waals surface area contributed by atoms with Crippen LogP contribution in [0.5, 0.6) is 5.75 Å². The van der Waals surface area contributed by atoms with Crippen molar-refractivity contribution < 1.29 is 13.9 Å². The van der Waals surface area contributed by atoms with Gasteiger partial charge in [0.15, 0.2) is 5.43 Å². The van der Waals surface area contributed by atoms with Crippen molar-refractivity contribution in [2.75, 3.05) is 33.8 Å². The number of carbonyl (C=O) groups excluding carboxylic acids is 1. The van der Waals surface area contributed by atoms with Gasteiger partial charge in [-0.3, -0.25) is 9.59 Å². The van der Waals surface area contributed by atoms with Crippen molar-refractivity contribution in [3.8, 4) is 5.75 Å². The Morgan fingerprint density at radius 3 is 2.65 bits per heavy atom. The Kier molecular flexibility index (Phi) is 7.08. The van der Waals surface area contributed by atoms with Crippen LogP contribution in [0, 0.1) is 12.8 Å². The molecular formula is C28H34N2O4. The maximum absolute atomic E-state index is 13.7. The first-order valence-electron chi connectivity index (χ1n) is 12.0. The third kappa shape index (κ3) is 4.87. The van der Waals surface area contributed by atoms with Gasteiger partial charge in [-0.05, 0) is 76.2 Å². The molecule has 1 aliphatic heterocycles. The van der Waals surface area contributed by atoms with E-state index in [9.17, 15) is 9.59 Å².